The van der Waals surface area contributed by atoms with Crippen LogP contribution in [-0.4, -0.2) is 13.2 Å². The Balaban J connectivity index is 2.48. The van der Waals surface area contributed by atoms with Crippen molar-refractivity contribution in [2.24, 2.45) is 0 Å². The fraction of sp³-hybridized carbons (Fsp3) is 0.250. The molecule has 2 aromatic rings. The van der Waals surface area contributed by atoms with E-state index in [0.717, 1.165) is 12.0 Å². The maximum atomic E-state index is 9.50. The summed E-state index contributed by atoms with van der Waals surface area (Å²) in [5.74, 6) is 1.03. The smallest absolute Gasteiger partial charge is 0.180 e. The molecule has 0 radical (unpaired) electrons. The van der Waals surface area contributed by atoms with Crippen molar-refractivity contribution in [3.05, 3.63) is 57.6 Å². The van der Waals surface area contributed by atoms with Gasteiger partial charge in [-0.15, -0.1) is 0 Å². The summed E-state index contributed by atoms with van der Waals surface area (Å²) in [4.78, 5) is 0. The van der Waals surface area contributed by atoms with Gasteiger partial charge >= 0.3 is 0 Å². The van der Waals surface area contributed by atoms with Crippen LogP contribution in [0.25, 0.3) is 11.6 Å². The van der Waals surface area contributed by atoms with E-state index >= 15 is 0 Å². The predicted octanol–water partition coefficient (Wildman–Crippen LogP) is 6.24. The van der Waals surface area contributed by atoms with Gasteiger partial charge in [0.25, 0.3) is 0 Å². The first kappa shape index (κ1) is 19.2. The van der Waals surface area contributed by atoms with Gasteiger partial charge in [-0.05, 0) is 43.2 Å². The second-order valence-electron chi connectivity index (χ2n) is 5.52. The molecule has 2 rings (SSSR count). The van der Waals surface area contributed by atoms with Crippen molar-refractivity contribution in [1.29, 1.82) is 5.26 Å². The first-order valence-electron chi connectivity index (χ1n) is 7.91. The quantitative estimate of drug-likeness (QED) is 0.442. The fourth-order valence-corrected chi connectivity index (χ4v) is 2.74. The minimum Gasteiger partial charge on any atom is -0.493 e. The van der Waals surface area contributed by atoms with Crippen LogP contribution in [0.3, 0.4) is 0 Å². The summed E-state index contributed by atoms with van der Waals surface area (Å²) in [5, 5.41) is 10.5. The van der Waals surface area contributed by atoms with Gasteiger partial charge in [0, 0.05) is 10.6 Å². The molecule has 1 unspecified atom stereocenters. The first-order valence-corrected chi connectivity index (χ1v) is 8.66. The summed E-state index contributed by atoms with van der Waals surface area (Å²) in [7, 11) is 1.56. The minimum absolute atomic E-state index is 0.0191. The third-order valence-corrected chi connectivity index (χ3v) is 4.35. The highest BCUT2D eigenvalue weighted by Crippen LogP contribution is 2.38. The number of rotatable bonds is 6. The molecule has 25 heavy (non-hydrogen) atoms. The summed E-state index contributed by atoms with van der Waals surface area (Å²) < 4.78 is 11.3. The van der Waals surface area contributed by atoms with E-state index in [0.29, 0.717) is 32.7 Å². The number of hydrogen-bond donors (Lipinski definition) is 0. The molecule has 0 N–H and O–H groups in total. The summed E-state index contributed by atoms with van der Waals surface area (Å²) in [6.45, 7) is 4.00. The number of benzene rings is 2. The molecule has 5 heteroatoms. The van der Waals surface area contributed by atoms with Crippen LogP contribution in [0, 0.1) is 11.3 Å². The molecule has 1 atom stereocenters. The van der Waals surface area contributed by atoms with Gasteiger partial charge in [0.05, 0.1) is 29.9 Å². The van der Waals surface area contributed by atoms with Gasteiger partial charge in [0.2, 0.25) is 0 Å². The second-order valence-corrected chi connectivity index (χ2v) is 6.33. The van der Waals surface area contributed by atoms with E-state index in [1.165, 1.54) is 0 Å². The zero-order valence-electron chi connectivity index (χ0n) is 14.3. The van der Waals surface area contributed by atoms with E-state index in [-0.39, 0.29) is 6.10 Å². The Morgan fingerprint density at radius 1 is 1.24 bits per heavy atom. The molecule has 0 aliphatic rings. The minimum atomic E-state index is 0.0191. The van der Waals surface area contributed by atoms with E-state index in [4.69, 9.17) is 32.7 Å². The lowest BCUT2D eigenvalue weighted by Gasteiger charge is -2.17. The number of ether oxygens (including phenoxy) is 2. The second kappa shape index (κ2) is 8.80. The zero-order valence-corrected chi connectivity index (χ0v) is 15.9. The molecule has 2 aromatic carbocycles. The van der Waals surface area contributed by atoms with Gasteiger partial charge in [-0.1, -0.05) is 48.3 Å². The number of halogens is 2. The molecule has 0 amide bonds. The van der Waals surface area contributed by atoms with Gasteiger partial charge in [0.1, 0.15) is 0 Å². The molecule has 0 fully saturated rings. The highest BCUT2D eigenvalue weighted by atomic mass is 35.5. The Morgan fingerprint density at radius 3 is 2.56 bits per heavy atom. The van der Waals surface area contributed by atoms with Crippen molar-refractivity contribution in [3.8, 4) is 17.6 Å². The summed E-state index contributed by atoms with van der Waals surface area (Å²) in [6, 6.07) is 12.9. The van der Waals surface area contributed by atoms with Crippen molar-refractivity contribution in [3.63, 3.8) is 0 Å². The molecule has 0 aliphatic heterocycles. The molecular weight excluding hydrogens is 357 g/mol. The van der Waals surface area contributed by atoms with E-state index in [2.05, 4.69) is 6.07 Å². The lowest BCUT2D eigenvalue weighted by molar-refractivity contribution is 0.208. The molecule has 0 aliphatic carbocycles. The Morgan fingerprint density at radius 2 is 1.96 bits per heavy atom. The molecule has 0 bridgehead atoms. The Kier molecular flexibility index (Phi) is 6.75. The number of hydrogen-bond acceptors (Lipinski definition) is 3. The molecular formula is C20H19Cl2NO2. The van der Waals surface area contributed by atoms with Gasteiger partial charge in [-0.25, -0.2) is 0 Å². The summed E-state index contributed by atoms with van der Waals surface area (Å²) >= 11 is 12.6. The fourth-order valence-electron chi connectivity index (χ4n) is 2.24. The Bertz CT molecular complexity index is 825. The molecule has 0 spiro atoms. The van der Waals surface area contributed by atoms with Gasteiger partial charge in [-0.2, -0.15) is 5.26 Å². The molecule has 0 aromatic heterocycles. The van der Waals surface area contributed by atoms with E-state index in [1.807, 2.05) is 26.0 Å². The SMILES string of the molecule is CCC(C)Oc1c(Cl)cc(C=C(C#N)c2ccccc2Cl)cc1OC. The lowest BCUT2D eigenvalue weighted by atomic mass is 10.0. The average Bonchev–Trinajstić information content (AvgIpc) is 2.62. The topological polar surface area (TPSA) is 42.2 Å². The van der Waals surface area contributed by atoms with Crippen molar-refractivity contribution >= 4 is 34.9 Å². The van der Waals surface area contributed by atoms with Gasteiger partial charge in [0.15, 0.2) is 11.5 Å². The number of methoxy groups -OCH3 is 1. The molecule has 3 nitrogen and oxygen atoms in total. The first-order chi connectivity index (χ1) is 12.0. The van der Waals surface area contributed by atoms with Crippen LogP contribution < -0.4 is 9.47 Å². The average molecular weight is 376 g/mol. The zero-order chi connectivity index (χ0) is 18.4. The monoisotopic (exact) mass is 375 g/mol. The summed E-state index contributed by atoms with van der Waals surface area (Å²) in [6.07, 6.45) is 2.60. The molecule has 0 saturated carbocycles. The lowest BCUT2D eigenvalue weighted by Crippen LogP contribution is -2.11. The highest BCUT2D eigenvalue weighted by Gasteiger charge is 2.15. The van der Waals surface area contributed by atoms with Gasteiger partial charge in [-0.3, -0.25) is 0 Å². The molecule has 0 saturated heterocycles. The standard InChI is InChI=1S/C20H19Cl2NO2/c1-4-13(2)25-20-18(22)10-14(11-19(20)24-3)9-15(12-23)16-7-5-6-8-17(16)21/h5-11,13H,4H2,1-3H3. The van der Waals surface area contributed by atoms with Crippen LogP contribution in [-0.2, 0) is 0 Å². The maximum Gasteiger partial charge on any atom is 0.180 e. The molecule has 130 valence electrons. The molecule has 0 heterocycles. The van der Waals surface area contributed by atoms with Crippen molar-refractivity contribution in [2.75, 3.05) is 7.11 Å². The third kappa shape index (κ3) is 4.69. The van der Waals surface area contributed by atoms with E-state index < -0.39 is 0 Å². The maximum absolute atomic E-state index is 9.50. The van der Waals surface area contributed by atoms with E-state index in [9.17, 15) is 5.26 Å². The van der Waals surface area contributed by atoms with E-state index in [1.54, 1.807) is 37.5 Å². The number of nitriles is 1. The number of allylic oxidation sites excluding steroid dienone is 1. The van der Waals surface area contributed by atoms with Crippen molar-refractivity contribution in [1.82, 2.24) is 0 Å². The third-order valence-electron chi connectivity index (χ3n) is 3.74. The van der Waals surface area contributed by atoms with Crippen molar-refractivity contribution < 1.29 is 9.47 Å². The Labute approximate surface area is 158 Å². The van der Waals surface area contributed by atoms with Crippen molar-refractivity contribution in [2.45, 2.75) is 26.4 Å². The number of nitrogens with zero attached hydrogens (tertiary/aromatic N) is 1. The highest BCUT2D eigenvalue weighted by molar-refractivity contribution is 6.33. The normalized spacial score (nSPS) is 12.4. The van der Waals surface area contributed by atoms with Crippen LogP contribution in [0.2, 0.25) is 10.0 Å². The van der Waals surface area contributed by atoms with Gasteiger partial charge < -0.3 is 9.47 Å². The van der Waals surface area contributed by atoms with Crippen LogP contribution in [0.15, 0.2) is 36.4 Å². The van der Waals surface area contributed by atoms with Crippen LogP contribution in [0.4, 0.5) is 0 Å². The van der Waals surface area contributed by atoms with Crippen LogP contribution in [0.1, 0.15) is 31.4 Å². The largest absolute Gasteiger partial charge is 0.493 e. The van der Waals surface area contributed by atoms with Crippen LogP contribution in [0.5, 0.6) is 11.5 Å². The predicted molar refractivity (Wildman–Crippen MR) is 103 cm³/mol. The van der Waals surface area contributed by atoms with Crippen LogP contribution >= 0.6 is 23.2 Å². The Hall–Kier alpha value is -2.15. The summed E-state index contributed by atoms with van der Waals surface area (Å²) in [5.41, 5.74) is 1.84.